The Balaban J connectivity index is 2.06. The van der Waals surface area contributed by atoms with E-state index in [1.807, 2.05) is 10.9 Å². The van der Waals surface area contributed by atoms with Crippen LogP contribution in [0, 0.1) is 0 Å². The Morgan fingerprint density at radius 2 is 2.35 bits per heavy atom. The van der Waals surface area contributed by atoms with Gasteiger partial charge in [-0.3, -0.25) is 9.58 Å². The van der Waals surface area contributed by atoms with E-state index in [1.54, 1.807) is 0 Å². The van der Waals surface area contributed by atoms with Crippen molar-refractivity contribution in [2.75, 3.05) is 26.2 Å². The van der Waals surface area contributed by atoms with Gasteiger partial charge in [0, 0.05) is 37.5 Å². The largest absolute Gasteiger partial charge is 0.377 e. The second kappa shape index (κ2) is 7.20. The number of rotatable bonds is 7. The van der Waals surface area contributed by atoms with Gasteiger partial charge >= 0.3 is 0 Å². The fourth-order valence-electron chi connectivity index (χ4n) is 2.83. The van der Waals surface area contributed by atoms with Gasteiger partial charge in [0.25, 0.3) is 0 Å². The summed E-state index contributed by atoms with van der Waals surface area (Å²) < 4.78 is 7.75. The van der Waals surface area contributed by atoms with Gasteiger partial charge in [-0.2, -0.15) is 5.10 Å². The number of ether oxygens (including phenoxy) is 1. The van der Waals surface area contributed by atoms with Crippen molar-refractivity contribution in [2.24, 2.45) is 5.73 Å². The van der Waals surface area contributed by atoms with Crippen LogP contribution in [0.2, 0.25) is 0 Å². The van der Waals surface area contributed by atoms with Crippen LogP contribution < -0.4 is 5.73 Å². The van der Waals surface area contributed by atoms with Crippen LogP contribution in [0.1, 0.15) is 51.3 Å². The molecule has 1 aromatic rings. The van der Waals surface area contributed by atoms with Crippen LogP contribution in [0.4, 0.5) is 0 Å². The molecule has 2 unspecified atom stereocenters. The average molecular weight is 280 g/mol. The molecular weight excluding hydrogens is 252 g/mol. The number of nitrogens with zero attached hydrogens (tertiary/aromatic N) is 3. The molecule has 5 heteroatoms. The Morgan fingerprint density at radius 3 is 2.85 bits per heavy atom. The number of likely N-dealkylation sites (N-methyl/N-ethyl adjacent to an activating group) is 1. The highest BCUT2D eigenvalue weighted by Gasteiger charge is 2.25. The highest BCUT2D eigenvalue weighted by Crippen LogP contribution is 2.23. The van der Waals surface area contributed by atoms with Gasteiger partial charge < -0.3 is 10.5 Å². The monoisotopic (exact) mass is 280 g/mol. The van der Waals surface area contributed by atoms with E-state index in [2.05, 4.69) is 37.0 Å². The molecule has 1 fully saturated rings. The number of hydrogen-bond donors (Lipinski definition) is 1. The lowest BCUT2D eigenvalue weighted by Gasteiger charge is -2.31. The molecule has 114 valence electrons. The molecule has 1 saturated heterocycles. The Hall–Kier alpha value is -0.910. The summed E-state index contributed by atoms with van der Waals surface area (Å²) in [6, 6.07) is 0.618. The summed E-state index contributed by atoms with van der Waals surface area (Å²) in [5.41, 5.74) is 7.23. The smallest absolute Gasteiger partial charge is 0.0703 e. The molecule has 20 heavy (non-hydrogen) atoms. The fraction of sp³-hybridized carbons (Fsp3) is 0.800. The third kappa shape index (κ3) is 3.59. The highest BCUT2D eigenvalue weighted by molar-refractivity contribution is 5.12. The predicted molar refractivity (Wildman–Crippen MR) is 80.6 cm³/mol. The molecule has 2 N–H and O–H groups in total. The summed E-state index contributed by atoms with van der Waals surface area (Å²) in [4.78, 5) is 2.41. The predicted octanol–water partition coefficient (Wildman–Crippen LogP) is 1.96. The van der Waals surface area contributed by atoms with E-state index < -0.39 is 0 Å². The maximum Gasteiger partial charge on any atom is 0.0703 e. The van der Waals surface area contributed by atoms with Crippen LogP contribution >= 0.6 is 0 Å². The molecule has 1 aromatic heterocycles. The van der Waals surface area contributed by atoms with Crippen LogP contribution in [-0.2, 0) is 4.74 Å². The Bertz CT molecular complexity index is 398. The third-order valence-electron chi connectivity index (χ3n) is 4.07. The average Bonchev–Trinajstić information content (AvgIpc) is 3.09. The van der Waals surface area contributed by atoms with Crippen molar-refractivity contribution in [2.45, 2.75) is 51.8 Å². The van der Waals surface area contributed by atoms with E-state index in [4.69, 9.17) is 10.5 Å². The summed E-state index contributed by atoms with van der Waals surface area (Å²) in [5.74, 6) is 0. The van der Waals surface area contributed by atoms with E-state index in [9.17, 15) is 0 Å². The lowest BCUT2D eigenvalue weighted by atomic mass is 10.1. The quantitative estimate of drug-likeness (QED) is 0.829. The first-order valence-corrected chi connectivity index (χ1v) is 7.75. The minimum atomic E-state index is 0.233. The summed E-state index contributed by atoms with van der Waals surface area (Å²) in [5, 5.41) is 4.44. The maximum atomic E-state index is 6.02. The zero-order valence-electron chi connectivity index (χ0n) is 13.0. The molecule has 0 saturated carbocycles. The number of aromatic nitrogens is 2. The van der Waals surface area contributed by atoms with E-state index in [0.717, 1.165) is 19.7 Å². The summed E-state index contributed by atoms with van der Waals surface area (Å²) >= 11 is 0. The highest BCUT2D eigenvalue weighted by atomic mass is 16.5. The first-order chi connectivity index (χ1) is 9.65. The molecule has 2 atom stereocenters. The van der Waals surface area contributed by atoms with Gasteiger partial charge in [0.15, 0.2) is 0 Å². The SMILES string of the molecule is CCN(CC1CCCO1)C(CN)c1cnn(C(C)C)c1. The Kier molecular flexibility index (Phi) is 5.57. The molecule has 0 spiro atoms. The van der Waals surface area contributed by atoms with Crippen LogP contribution in [0.15, 0.2) is 12.4 Å². The minimum Gasteiger partial charge on any atom is -0.377 e. The summed E-state index contributed by atoms with van der Waals surface area (Å²) in [6.07, 6.45) is 6.79. The Morgan fingerprint density at radius 1 is 1.55 bits per heavy atom. The van der Waals surface area contributed by atoms with Crippen molar-refractivity contribution < 1.29 is 4.74 Å². The fourth-order valence-corrected chi connectivity index (χ4v) is 2.83. The van der Waals surface area contributed by atoms with Gasteiger partial charge in [0.1, 0.15) is 0 Å². The van der Waals surface area contributed by atoms with Crippen molar-refractivity contribution in [1.82, 2.24) is 14.7 Å². The van der Waals surface area contributed by atoms with Crippen molar-refractivity contribution in [3.05, 3.63) is 18.0 Å². The lowest BCUT2D eigenvalue weighted by molar-refractivity contribution is 0.0601. The molecule has 0 amide bonds. The molecule has 1 aliphatic heterocycles. The van der Waals surface area contributed by atoms with Crippen LogP contribution in [-0.4, -0.2) is 47.0 Å². The molecule has 0 bridgehead atoms. The van der Waals surface area contributed by atoms with Gasteiger partial charge in [-0.1, -0.05) is 6.92 Å². The van der Waals surface area contributed by atoms with Crippen molar-refractivity contribution in [3.63, 3.8) is 0 Å². The van der Waals surface area contributed by atoms with E-state index in [0.29, 0.717) is 18.7 Å². The van der Waals surface area contributed by atoms with Gasteiger partial charge in [0.05, 0.1) is 18.3 Å². The molecule has 0 aliphatic carbocycles. The van der Waals surface area contributed by atoms with E-state index in [-0.39, 0.29) is 6.04 Å². The molecule has 0 aromatic carbocycles. The minimum absolute atomic E-state index is 0.233. The van der Waals surface area contributed by atoms with Crippen molar-refractivity contribution in [3.8, 4) is 0 Å². The third-order valence-corrected chi connectivity index (χ3v) is 4.07. The maximum absolute atomic E-state index is 6.02. The van der Waals surface area contributed by atoms with Gasteiger partial charge in [-0.05, 0) is 33.2 Å². The lowest BCUT2D eigenvalue weighted by Crippen LogP contribution is -2.38. The zero-order chi connectivity index (χ0) is 14.5. The second-order valence-electron chi connectivity index (χ2n) is 5.82. The first kappa shape index (κ1) is 15.5. The van der Waals surface area contributed by atoms with Gasteiger partial charge in [-0.15, -0.1) is 0 Å². The molecule has 5 nitrogen and oxygen atoms in total. The van der Waals surface area contributed by atoms with Gasteiger partial charge in [0.2, 0.25) is 0 Å². The van der Waals surface area contributed by atoms with Crippen LogP contribution in [0.5, 0.6) is 0 Å². The second-order valence-corrected chi connectivity index (χ2v) is 5.82. The van der Waals surface area contributed by atoms with Crippen molar-refractivity contribution in [1.29, 1.82) is 0 Å². The van der Waals surface area contributed by atoms with E-state index >= 15 is 0 Å². The zero-order valence-corrected chi connectivity index (χ0v) is 13.0. The summed E-state index contributed by atoms with van der Waals surface area (Å²) in [6.45, 7) is 9.92. The van der Waals surface area contributed by atoms with Crippen molar-refractivity contribution >= 4 is 0 Å². The molecule has 1 aliphatic rings. The standard InChI is InChI=1S/C15H28N4O/c1-4-18(11-14-6-5-7-20-14)15(8-16)13-9-17-19(10-13)12(2)3/h9-10,12,14-15H,4-8,11,16H2,1-3H3. The molecule has 2 rings (SSSR count). The summed E-state index contributed by atoms with van der Waals surface area (Å²) in [7, 11) is 0. The van der Waals surface area contributed by atoms with Crippen LogP contribution in [0.3, 0.4) is 0 Å². The molecule has 0 radical (unpaired) electrons. The normalized spacial score (nSPS) is 21.0. The topological polar surface area (TPSA) is 56.3 Å². The van der Waals surface area contributed by atoms with Crippen LogP contribution in [0.25, 0.3) is 0 Å². The first-order valence-electron chi connectivity index (χ1n) is 7.75. The number of nitrogens with two attached hydrogens (primary N) is 1. The Labute approximate surface area is 122 Å². The molecule has 2 heterocycles. The molecular formula is C15H28N4O. The number of hydrogen-bond acceptors (Lipinski definition) is 4. The van der Waals surface area contributed by atoms with E-state index in [1.165, 1.54) is 18.4 Å². The van der Waals surface area contributed by atoms with Gasteiger partial charge in [-0.25, -0.2) is 0 Å².